The van der Waals surface area contributed by atoms with Gasteiger partial charge in [0, 0.05) is 24.6 Å². The van der Waals surface area contributed by atoms with E-state index in [1.165, 1.54) is 5.56 Å². The summed E-state index contributed by atoms with van der Waals surface area (Å²) in [5, 5.41) is 3.32. The predicted octanol–water partition coefficient (Wildman–Crippen LogP) is 2.68. The van der Waals surface area contributed by atoms with Gasteiger partial charge in [-0.15, -0.1) is 0 Å². The Morgan fingerprint density at radius 1 is 1.14 bits per heavy atom. The van der Waals surface area contributed by atoms with E-state index in [2.05, 4.69) is 15.0 Å². The molecule has 0 atom stereocenters. The number of aryl methyl sites for hydroxylation is 2. The molecule has 1 aromatic carbocycles. The molecule has 0 saturated carbocycles. The summed E-state index contributed by atoms with van der Waals surface area (Å²) in [5.41, 5.74) is 4.72. The highest BCUT2D eigenvalue weighted by Crippen LogP contribution is 2.21. The van der Waals surface area contributed by atoms with E-state index in [1.54, 1.807) is 12.3 Å². The van der Waals surface area contributed by atoms with Crippen molar-refractivity contribution in [3.8, 4) is 0 Å². The van der Waals surface area contributed by atoms with Gasteiger partial charge < -0.3 is 5.32 Å². The minimum absolute atomic E-state index is 0.598. The normalized spacial score (nSPS) is 11.2. The van der Waals surface area contributed by atoms with E-state index in [0.717, 1.165) is 23.1 Å². The first-order valence-electron chi connectivity index (χ1n) is 6.57. The number of anilines is 2. The van der Waals surface area contributed by atoms with Crippen LogP contribution < -0.4 is 10.0 Å². The Bertz CT molecular complexity index is 742. The van der Waals surface area contributed by atoms with Crippen molar-refractivity contribution in [1.29, 1.82) is 0 Å². The van der Waals surface area contributed by atoms with Crippen molar-refractivity contribution in [3.63, 3.8) is 0 Å². The monoisotopic (exact) mass is 305 g/mol. The molecule has 6 heteroatoms. The smallest absolute Gasteiger partial charge is 0.229 e. The average molecular weight is 305 g/mol. The molecule has 0 amide bonds. The Labute approximate surface area is 125 Å². The van der Waals surface area contributed by atoms with Crippen molar-refractivity contribution in [1.82, 2.24) is 4.98 Å². The second-order valence-corrected chi connectivity index (χ2v) is 6.81. The zero-order valence-electron chi connectivity index (χ0n) is 12.3. The average Bonchev–Trinajstić information content (AvgIpc) is 2.39. The largest absolute Gasteiger partial charge is 0.381 e. The summed E-state index contributed by atoms with van der Waals surface area (Å²) in [6, 6.07) is 7.50. The number of aromatic nitrogens is 1. The van der Waals surface area contributed by atoms with E-state index in [1.807, 2.05) is 38.2 Å². The highest BCUT2D eigenvalue weighted by atomic mass is 32.2. The summed E-state index contributed by atoms with van der Waals surface area (Å²) < 4.78 is 25.0. The van der Waals surface area contributed by atoms with Crippen LogP contribution >= 0.6 is 0 Å². The van der Waals surface area contributed by atoms with Gasteiger partial charge in [0.1, 0.15) is 0 Å². The molecule has 1 heterocycles. The first kappa shape index (κ1) is 15.3. The minimum atomic E-state index is -3.25. The lowest BCUT2D eigenvalue weighted by Crippen LogP contribution is -2.10. The summed E-state index contributed by atoms with van der Waals surface area (Å²) in [4.78, 5) is 4.11. The number of nitrogens with one attached hydrogen (secondary N) is 2. The highest BCUT2D eigenvalue weighted by molar-refractivity contribution is 7.92. The van der Waals surface area contributed by atoms with Crippen LogP contribution in [0.2, 0.25) is 0 Å². The van der Waals surface area contributed by atoms with Gasteiger partial charge in [-0.3, -0.25) is 9.71 Å². The zero-order valence-corrected chi connectivity index (χ0v) is 13.2. The predicted molar refractivity (Wildman–Crippen MR) is 85.9 cm³/mol. The number of hydrogen-bond donors (Lipinski definition) is 2. The number of rotatable bonds is 5. The van der Waals surface area contributed by atoms with E-state index in [9.17, 15) is 8.42 Å². The molecule has 2 aromatic rings. The Morgan fingerprint density at radius 3 is 2.52 bits per heavy atom. The van der Waals surface area contributed by atoms with Gasteiger partial charge >= 0.3 is 0 Å². The first-order chi connectivity index (χ1) is 9.85. The van der Waals surface area contributed by atoms with E-state index >= 15 is 0 Å². The molecular formula is C15H19N3O2S. The number of pyridine rings is 1. The number of hydrogen-bond acceptors (Lipinski definition) is 4. The molecule has 0 unspecified atom stereocenters. The Balaban J connectivity index is 2.09. The molecule has 1 aromatic heterocycles. The Kier molecular flexibility index (Phi) is 4.47. The maximum atomic E-state index is 11.3. The molecule has 2 rings (SSSR count). The SMILES string of the molecule is Cc1ccncc1CNc1ccc(NS(C)(=O)=O)c(C)c1. The van der Waals surface area contributed by atoms with Crippen LogP contribution in [-0.2, 0) is 16.6 Å². The van der Waals surface area contributed by atoms with Gasteiger partial charge in [0.05, 0.1) is 11.9 Å². The Morgan fingerprint density at radius 2 is 1.90 bits per heavy atom. The van der Waals surface area contributed by atoms with Crippen molar-refractivity contribution < 1.29 is 8.42 Å². The van der Waals surface area contributed by atoms with Gasteiger partial charge in [0.2, 0.25) is 10.0 Å². The summed E-state index contributed by atoms with van der Waals surface area (Å²) in [5.74, 6) is 0. The molecule has 0 aliphatic rings. The lowest BCUT2D eigenvalue weighted by molar-refractivity contribution is 0.607. The molecule has 21 heavy (non-hydrogen) atoms. The van der Waals surface area contributed by atoms with Gasteiger partial charge in [-0.2, -0.15) is 0 Å². The molecular weight excluding hydrogens is 286 g/mol. The lowest BCUT2D eigenvalue weighted by atomic mass is 10.1. The molecule has 5 nitrogen and oxygen atoms in total. The molecule has 0 aliphatic carbocycles. The zero-order chi connectivity index (χ0) is 15.5. The maximum Gasteiger partial charge on any atom is 0.229 e. The van der Waals surface area contributed by atoms with Crippen LogP contribution in [0.5, 0.6) is 0 Å². The van der Waals surface area contributed by atoms with Gasteiger partial charge in [0.25, 0.3) is 0 Å². The summed E-state index contributed by atoms with van der Waals surface area (Å²) in [6.45, 7) is 4.59. The quantitative estimate of drug-likeness (QED) is 0.891. The standard InChI is InChI=1S/C15H19N3O2S/c1-11-6-7-16-9-13(11)10-17-14-4-5-15(12(2)8-14)18-21(3,19)20/h4-9,17-18H,10H2,1-3H3. The molecule has 0 radical (unpaired) electrons. The van der Waals surface area contributed by atoms with Crippen LogP contribution in [0, 0.1) is 13.8 Å². The van der Waals surface area contributed by atoms with Crippen LogP contribution in [0.3, 0.4) is 0 Å². The van der Waals surface area contributed by atoms with Crippen molar-refractivity contribution in [2.75, 3.05) is 16.3 Å². The fourth-order valence-corrected chi connectivity index (χ4v) is 2.60. The number of sulfonamides is 1. The summed E-state index contributed by atoms with van der Waals surface area (Å²) in [7, 11) is -3.25. The topological polar surface area (TPSA) is 71.1 Å². The van der Waals surface area contributed by atoms with E-state index < -0.39 is 10.0 Å². The third-order valence-corrected chi connectivity index (χ3v) is 3.74. The minimum Gasteiger partial charge on any atom is -0.381 e. The number of nitrogens with zero attached hydrogens (tertiary/aromatic N) is 1. The van der Waals surface area contributed by atoms with Crippen LogP contribution in [-0.4, -0.2) is 19.7 Å². The van der Waals surface area contributed by atoms with Crippen LogP contribution in [0.15, 0.2) is 36.7 Å². The summed E-state index contributed by atoms with van der Waals surface area (Å²) in [6.07, 6.45) is 4.76. The third kappa shape index (κ3) is 4.46. The Hall–Kier alpha value is -2.08. The molecule has 0 saturated heterocycles. The highest BCUT2D eigenvalue weighted by Gasteiger charge is 2.06. The van der Waals surface area contributed by atoms with Crippen molar-refractivity contribution in [3.05, 3.63) is 53.3 Å². The maximum absolute atomic E-state index is 11.3. The molecule has 0 spiro atoms. The van der Waals surface area contributed by atoms with Gasteiger partial charge in [0.15, 0.2) is 0 Å². The van der Waals surface area contributed by atoms with E-state index in [-0.39, 0.29) is 0 Å². The fourth-order valence-electron chi connectivity index (χ4n) is 1.97. The molecule has 0 bridgehead atoms. The van der Waals surface area contributed by atoms with Crippen molar-refractivity contribution in [2.24, 2.45) is 0 Å². The molecule has 0 aliphatic heterocycles. The van der Waals surface area contributed by atoms with Gasteiger partial charge in [-0.25, -0.2) is 8.42 Å². The fraction of sp³-hybridized carbons (Fsp3) is 0.267. The van der Waals surface area contributed by atoms with Crippen LogP contribution in [0.25, 0.3) is 0 Å². The third-order valence-electron chi connectivity index (χ3n) is 3.15. The van der Waals surface area contributed by atoms with Crippen molar-refractivity contribution >= 4 is 21.4 Å². The van der Waals surface area contributed by atoms with Gasteiger partial charge in [-0.1, -0.05) is 0 Å². The lowest BCUT2D eigenvalue weighted by Gasteiger charge is -2.12. The van der Waals surface area contributed by atoms with E-state index in [4.69, 9.17) is 0 Å². The molecule has 112 valence electrons. The first-order valence-corrected chi connectivity index (χ1v) is 8.46. The molecule has 0 fully saturated rings. The second-order valence-electron chi connectivity index (χ2n) is 5.06. The van der Waals surface area contributed by atoms with Crippen molar-refractivity contribution in [2.45, 2.75) is 20.4 Å². The summed E-state index contributed by atoms with van der Waals surface area (Å²) >= 11 is 0. The number of benzene rings is 1. The van der Waals surface area contributed by atoms with E-state index in [0.29, 0.717) is 12.2 Å². The van der Waals surface area contributed by atoms with Crippen LogP contribution in [0.1, 0.15) is 16.7 Å². The van der Waals surface area contributed by atoms with Crippen LogP contribution in [0.4, 0.5) is 11.4 Å². The second kappa shape index (κ2) is 6.13. The van der Waals surface area contributed by atoms with Gasteiger partial charge in [-0.05, 0) is 54.8 Å². The molecule has 2 N–H and O–H groups in total.